The number of likely N-dealkylation sites (tertiary alicyclic amines) is 1. The fourth-order valence-electron chi connectivity index (χ4n) is 3.83. The van der Waals surface area contributed by atoms with E-state index >= 15 is 0 Å². The lowest BCUT2D eigenvalue weighted by Gasteiger charge is -2.34. The summed E-state index contributed by atoms with van der Waals surface area (Å²) >= 11 is 13.1. The van der Waals surface area contributed by atoms with Gasteiger partial charge in [-0.25, -0.2) is 9.79 Å². The van der Waals surface area contributed by atoms with E-state index in [1.165, 1.54) is 0 Å². The van der Waals surface area contributed by atoms with Crippen LogP contribution in [0.2, 0.25) is 10.0 Å². The normalized spacial score (nSPS) is 16.4. The number of hydrogen-bond acceptors (Lipinski definition) is 4. The van der Waals surface area contributed by atoms with Gasteiger partial charge in [-0.3, -0.25) is 0 Å². The molecule has 1 heterocycles. The second-order valence-electron chi connectivity index (χ2n) is 9.21. The van der Waals surface area contributed by atoms with Crippen molar-refractivity contribution in [1.82, 2.24) is 4.90 Å². The number of carbonyl (C=O) groups excluding carboxylic acids is 1. The second-order valence-corrected chi connectivity index (χ2v) is 10.0. The summed E-state index contributed by atoms with van der Waals surface area (Å²) in [6.45, 7) is 8.74. The summed E-state index contributed by atoms with van der Waals surface area (Å²) in [5.74, 6) is 0.117. The molecule has 0 unspecified atom stereocenters. The molecule has 2 aromatic carbocycles. The highest BCUT2D eigenvalue weighted by Gasteiger charge is 2.29. The first kappa shape index (κ1) is 25.1. The zero-order valence-corrected chi connectivity index (χ0v) is 21.1. The van der Waals surface area contributed by atoms with Crippen molar-refractivity contribution in [2.45, 2.75) is 46.1 Å². The number of allylic oxidation sites excluding steroid dienone is 2. The molecular weight excluding hydrogens is 457 g/mol. The Labute approximate surface area is 206 Å². The standard InChI is InChI=1S/C26H31Cl2N3O2/c1-17(23(29)18-13-15-31(16-14-18)25(32)33-26(2,3)4)24(30-19-9-6-5-7-10-19)22-20(27)11-8-12-21(22)28/h5-12,18H,13-16,29H2,1-4H3/b23-17-,30-24?. The minimum absolute atomic E-state index is 0.117. The number of para-hydroxylation sites is 1. The van der Waals surface area contributed by atoms with Gasteiger partial charge in [-0.15, -0.1) is 0 Å². The van der Waals surface area contributed by atoms with E-state index in [1.54, 1.807) is 17.0 Å². The largest absolute Gasteiger partial charge is 0.444 e. The van der Waals surface area contributed by atoms with Gasteiger partial charge in [-0.2, -0.15) is 0 Å². The molecule has 3 rings (SSSR count). The third kappa shape index (κ3) is 6.52. The summed E-state index contributed by atoms with van der Waals surface area (Å²) in [5.41, 5.74) is 9.86. The maximum Gasteiger partial charge on any atom is 0.410 e. The molecule has 33 heavy (non-hydrogen) atoms. The van der Waals surface area contributed by atoms with E-state index in [9.17, 15) is 4.79 Å². The highest BCUT2D eigenvalue weighted by molar-refractivity contribution is 6.41. The van der Waals surface area contributed by atoms with Gasteiger partial charge in [0.15, 0.2) is 0 Å². The summed E-state index contributed by atoms with van der Waals surface area (Å²) in [5, 5.41) is 1.04. The number of rotatable bonds is 4. The average Bonchev–Trinajstić information content (AvgIpc) is 2.77. The number of aliphatic imine (C=N–C) groups is 1. The first-order chi connectivity index (χ1) is 15.6. The fourth-order valence-corrected chi connectivity index (χ4v) is 4.40. The lowest BCUT2D eigenvalue weighted by atomic mass is 9.89. The van der Waals surface area contributed by atoms with Crippen molar-refractivity contribution in [2.24, 2.45) is 16.6 Å². The molecule has 1 saturated heterocycles. The maximum absolute atomic E-state index is 12.4. The summed E-state index contributed by atoms with van der Waals surface area (Å²) < 4.78 is 5.50. The van der Waals surface area contributed by atoms with E-state index in [4.69, 9.17) is 38.7 Å². The molecule has 1 amide bonds. The minimum atomic E-state index is -0.513. The van der Waals surface area contributed by atoms with Gasteiger partial charge in [-0.05, 0) is 70.4 Å². The van der Waals surface area contributed by atoms with Crippen molar-refractivity contribution in [3.8, 4) is 0 Å². The average molecular weight is 488 g/mol. The van der Waals surface area contributed by atoms with E-state index in [0.717, 1.165) is 29.8 Å². The number of amides is 1. The van der Waals surface area contributed by atoms with E-state index in [2.05, 4.69) is 0 Å². The van der Waals surface area contributed by atoms with Gasteiger partial charge in [0.05, 0.1) is 21.4 Å². The predicted octanol–water partition coefficient (Wildman–Crippen LogP) is 6.99. The molecule has 7 heteroatoms. The van der Waals surface area contributed by atoms with Crippen LogP contribution in [-0.2, 0) is 4.74 Å². The number of benzene rings is 2. The Hall–Kier alpha value is -2.50. The van der Waals surface area contributed by atoms with Crippen molar-refractivity contribution in [1.29, 1.82) is 0 Å². The number of piperidine rings is 1. The molecule has 2 aromatic rings. The van der Waals surface area contributed by atoms with Crippen LogP contribution < -0.4 is 5.73 Å². The Balaban J connectivity index is 1.90. The first-order valence-corrected chi connectivity index (χ1v) is 11.8. The fraction of sp³-hybridized carbons (Fsp3) is 0.385. The van der Waals surface area contributed by atoms with Gasteiger partial charge in [-0.1, -0.05) is 47.5 Å². The topological polar surface area (TPSA) is 67.9 Å². The molecule has 1 fully saturated rings. The van der Waals surface area contributed by atoms with Crippen molar-refractivity contribution >= 4 is 40.7 Å². The smallest absolute Gasteiger partial charge is 0.410 e. The third-order valence-electron chi connectivity index (χ3n) is 5.57. The molecule has 5 nitrogen and oxygen atoms in total. The quantitative estimate of drug-likeness (QED) is 0.472. The molecule has 0 bridgehead atoms. The Bertz CT molecular complexity index is 1030. The highest BCUT2D eigenvalue weighted by Crippen LogP contribution is 2.32. The van der Waals surface area contributed by atoms with E-state index in [0.29, 0.717) is 34.4 Å². The second kappa shape index (κ2) is 10.6. The number of nitrogens with two attached hydrogens (primary N) is 1. The number of halogens is 2. The Morgan fingerprint density at radius 2 is 1.61 bits per heavy atom. The number of hydrogen-bond donors (Lipinski definition) is 1. The Morgan fingerprint density at radius 1 is 1.03 bits per heavy atom. The van der Waals surface area contributed by atoms with Crippen LogP contribution in [0.15, 0.2) is 64.8 Å². The van der Waals surface area contributed by atoms with E-state index in [-0.39, 0.29) is 12.0 Å². The van der Waals surface area contributed by atoms with Gasteiger partial charge in [0.2, 0.25) is 0 Å². The van der Waals surface area contributed by atoms with Crippen LogP contribution in [0.4, 0.5) is 10.5 Å². The van der Waals surface area contributed by atoms with Crippen LogP contribution in [0.5, 0.6) is 0 Å². The van der Waals surface area contributed by atoms with Crippen molar-refractivity contribution in [3.05, 3.63) is 75.4 Å². The summed E-state index contributed by atoms with van der Waals surface area (Å²) in [4.78, 5) is 19.0. The third-order valence-corrected chi connectivity index (χ3v) is 6.20. The van der Waals surface area contributed by atoms with E-state index in [1.807, 2.05) is 64.1 Å². The maximum atomic E-state index is 12.4. The van der Waals surface area contributed by atoms with Crippen LogP contribution >= 0.6 is 23.2 Å². The summed E-state index contributed by atoms with van der Waals surface area (Å²) in [6.07, 6.45) is 1.21. The monoisotopic (exact) mass is 487 g/mol. The SMILES string of the molecule is C/C(C(=Nc1ccccc1)c1c(Cl)cccc1Cl)=C(/N)C1CCN(C(=O)OC(C)(C)C)CC1. The molecule has 0 aliphatic carbocycles. The molecule has 1 aliphatic heterocycles. The molecule has 176 valence electrons. The molecule has 0 aromatic heterocycles. The van der Waals surface area contributed by atoms with Crippen LogP contribution in [0.3, 0.4) is 0 Å². The molecule has 1 aliphatic rings. The van der Waals surface area contributed by atoms with Crippen molar-refractivity contribution in [2.75, 3.05) is 13.1 Å². The number of nitrogens with zero attached hydrogens (tertiary/aromatic N) is 2. The first-order valence-electron chi connectivity index (χ1n) is 11.1. The molecule has 0 saturated carbocycles. The van der Waals surface area contributed by atoms with Crippen molar-refractivity contribution < 1.29 is 9.53 Å². The van der Waals surface area contributed by atoms with Gasteiger partial charge >= 0.3 is 6.09 Å². The molecule has 0 radical (unpaired) electrons. The van der Waals surface area contributed by atoms with Crippen LogP contribution in [0.1, 0.15) is 46.1 Å². The molecule has 0 atom stereocenters. The number of ether oxygens (including phenoxy) is 1. The van der Waals surface area contributed by atoms with Crippen molar-refractivity contribution in [3.63, 3.8) is 0 Å². The predicted molar refractivity (Wildman–Crippen MR) is 137 cm³/mol. The number of carbonyl (C=O) groups is 1. The van der Waals surface area contributed by atoms with Crippen LogP contribution in [-0.4, -0.2) is 35.4 Å². The zero-order chi connectivity index (χ0) is 24.2. The van der Waals surface area contributed by atoms with Gasteiger partial charge in [0.25, 0.3) is 0 Å². The Morgan fingerprint density at radius 3 is 2.15 bits per heavy atom. The summed E-state index contributed by atoms with van der Waals surface area (Å²) in [6, 6.07) is 15.1. The van der Waals surface area contributed by atoms with Crippen LogP contribution in [0.25, 0.3) is 0 Å². The molecular formula is C26H31Cl2N3O2. The van der Waals surface area contributed by atoms with E-state index < -0.39 is 5.60 Å². The summed E-state index contributed by atoms with van der Waals surface area (Å²) in [7, 11) is 0. The minimum Gasteiger partial charge on any atom is -0.444 e. The lowest BCUT2D eigenvalue weighted by Crippen LogP contribution is -2.42. The zero-order valence-electron chi connectivity index (χ0n) is 19.6. The molecule has 0 spiro atoms. The van der Waals surface area contributed by atoms with Gasteiger partial charge in [0, 0.05) is 30.3 Å². The Kier molecular flexibility index (Phi) is 8.09. The van der Waals surface area contributed by atoms with Crippen LogP contribution in [0, 0.1) is 5.92 Å². The van der Waals surface area contributed by atoms with Gasteiger partial charge in [0.1, 0.15) is 5.60 Å². The highest BCUT2D eigenvalue weighted by atomic mass is 35.5. The van der Waals surface area contributed by atoms with Gasteiger partial charge < -0.3 is 15.4 Å². The lowest BCUT2D eigenvalue weighted by molar-refractivity contribution is 0.0194. The molecule has 2 N–H and O–H groups in total.